The quantitative estimate of drug-likeness (QED) is 0.442. The zero-order chi connectivity index (χ0) is 23.5. The van der Waals surface area contributed by atoms with Gasteiger partial charge in [0.15, 0.2) is 0 Å². The highest BCUT2D eigenvalue weighted by Crippen LogP contribution is 2.32. The third kappa shape index (κ3) is 4.87. The fraction of sp³-hybridized carbons (Fsp3) is 0.346. The van der Waals surface area contributed by atoms with Gasteiger partial charge in [-0.15, -0.1) is 0 Å². The summed E-state index contributed by atoms with van der Waals surface area (Å²) in [5.41, 5.74) is 2.62. The summed E-state index contributed by atoms with van der Waals surface area (Å²) in [5.74, 6) is 1.82. The first kappa shape index (κ1) is 22.3. The second kappa shape index (κ2) is 9.77. The van der Waals surface area contributed by atoms with E-state index in [4.69, 9.17) is 10.4 Å². The summed E-state index contributed by atoms with van der Waals surface area (Å²) in [4.78, 5) is 19.3. The molecule has 7 nitrogen and oxygen atoms in total. The molecule has 2 saturated heterocycles. The van der Waals surface area contributed by atoms with Crippen LogP contribution in [0, 0.1) is 11.2 Å². The van der Waals surface area contributed by atoms with E-state index >= 15 is 0 Å². The maximum atomic E-state index is 13.7. The van der Waals surface area contributed by atoms with Crippen LogP contribution in [0.4, 0.5) is 10.2 Å². The molecule has 34 heavy (non-hydrogen) atoms. The highest BCUT2D eigenvalue weighted by Gasteiger charge is 2.27. The van der Waals surface area contributed by atoms with Crippen LogP contribution in [0.5, 0.6) is 0 Å². The van der Waals surface area contributed by atoms with Crippen LogP contribution in [0.1, 0.15) is 30.3 Å². The minimum atomic E-state index is -0.236. The molecule has 1 aromatic carbocycles. The SMILES string of the molecule is CN1CCN(c2cccc(-c3cnc(C=CC(=N)N4CCCC4c4cccc(F)c4)[nH]3)n2)CC1. The van der Waals surface area contributed by atoms with E-state index in [-0.39, 0.29) is 11.9 Å². The Morgan fingerprint density at radius 2 is 1.94 bits per heavy atom. The van der Waals surface area contributed by atoms with E-state index in [0.717, 1.165) is 68.3 Å². The molecule has 1 unspecified atom stereocenters. The van der Waals surface area contributed by atoms with Gasteiger partial charge >= 0.3 is 0 Å². The number of likely N-dealkylation sites (tertiary alicyclic amines) is 1. The standard InChI is InChI=1S/C26H30FN7/c1-32-13-15-33(16-14-32)26-9-3-7-21(31-26)22-18-29-25(30-22)11-10-24(28)34-12-4-8-23(34)19-5-2-6-20(27)17-19/h2-3,5-7,9-11,17-18,23,28H,4,8,12-16H2,1H3,(H,29,30). The number of piperazine rings is 1. The van der Waals surface area contributed by atoms with Crippen molar-refractivity contribution in [3.8, 4) is 11.4 Å². The fourth-order valence-corrected chi connectivity index (χ4v) is 4.71. The Bertz CT molecular complexity index is 1180. The molecule has 2 aromatic heterocycles. The molecule has 4 heterocycles. The molecule has 2 N–H and O–H groups in total. The summed E-state index contributed by atoms with van der Waals surface area (Å²) in [6, 6.07) is 12.8. The molecule has 2 fully saturated rings. The molecular formula is C26H30FN7. The number of aromatic amines is 1. The molecule has 0 radical (unpaired) electrons. The van der Waals surface area contributed by atoms with E-state index < -0.39 is 0 Å². The second-order valence-electron chi connectivity index (χ2n) is 8.98. The molecule has 1 atom stereocenters. The summed E-state index contributed by atoms with van der Waals surface area (Å²) in [6.45, 7) is 4.80. The first-order chi connectivity index (χ1) is 16.6. The van der Waals surface area contributed by atoms with Crippen LogP contribution >= 0.6 is 0 Å². The van der Waals surface area contributed by atoms with Gasteiger partial charge in [0.25, 0.3) is 0 Å². The van der Waals surface area contributed by atoms with Crippen LogP contribution in [-0.4, -0.2) is 70.4 Å². The lowest BCUT2D eigenvalue weighted by atomic mass is 10.0. The molecule has 0 saturated carbocycles. The number of hydrogen-bond acceptors (Lipinski definition) is 5. The van der Waals surface area contributed by atoms with Crippen LogP contribution in [-0.2, 0) is 0 Å². The Hall–Kier alpha value is -3.52. The number of hydrogen-bond donors (Lipinski definition) is 2. The number of nitrogens with one attached hydrogen (secondary N) is 2. The Morgan fingerprint density at radius 1 is 1.12 bits per heavy atom. The predicted molar refractivity (Wildman–Crippen MR) is 133 cm³/mol. The number of H-pyrrole nitrogens is 1. The highest BCUT2D eigenvalue weighted by atomic mass is 19.1. The van der Waals surface area contributed by atoms with E-state index in [1.54, 1.807) is 24.4 Å². The third-order valence-corrected chi connectivity index (χ3v) is 6.63. The van der Waals surface area contributed by atoms with Crippen molar-refractivity contribution in [1.29, 1.82) is 5.41 Å². The van der Waals surface area contributed by atoms with E-state index in [1.807, 2.05) is 29.2 Å². The van der Waals surface area contributed by atoms with E-state index in [1.165, 1.54) is 6.07 Å². The summed E-state index contributed by atoms with van der Waals surface area (Å²) >= 11 is 0. The summed E-state index contributed by atoms with van der Waals surface area (Å²) in [6.07, 6.45) is 7.26. The van der Waals surface area contributed by atoms with Gasteiger partial charge in [-0.25, -0.2) is 14.4 Å². The van der Waals surface area contributed by atoms with Gasteiger partial charge in [0.2, 0.25) is 0 Å². The van der Waals surface area contributed by atoms with Crippen molar-refractivity contribution in [1.82, 2.24) is 24.8 Å². The van der Waals surface area contributed by atoms with Crippen molar-refractivity contribution >= 4 is 17.7 Å². The smallest absolute Gasteiger partial charge is 0.130 e. The van der Waals surface area contributed by atoms with E-state index in [2.05, 4.69) is 32.9 Å². The molecule has 2 aliphatic rings. The van der Waals surface area contributed by atoms with Gasteiger partial charge in [-0.1, -0.05) is 18.2 Å². The molecular weight excluding hydrogens is 429 g/mol. The van der Waals surface area contributed by atoms with Crippen LogP contribution in [0.25, 0.3) is 17.5 Å². The fourth-order valence-electron chi connectivity index (χ4n) is 4.71. The molecule has 0 bridgehead atoms. The van der Waals surface area contributed by atoms with Crippen molar-refractivity contribution in [2.24, 2.45) is 0 Å². The molecule has 0 spiro atoms. The Labute approximate surface area is 199 Å². The molecule has 5 rings (SSSR count). The summed E-state index contributed by atoms with van der Waals surface area (Å²) in [5, 5.41) is 8.58. The Kier molecular flexibility index (Phi) is 6.40. The number of nitrogens with zero attached hydrogens (tertiary/aromatic N) is 5. The number of benzene rings is 1. The number of rotatable bonds is 5. The number of halogens is 1. The van der Waals surface area contributed by atoms with E-state index in [9.17, 15) is 4.39 Å². The first-order valence-corrected chi connectivity index (χ1v) is 11.8. The van der Waals surface area contributed by atoms with Crippen molar-refractivity contribution < 1.29 is 4.39 Å². The zero-order valence-corrected chi connectivity index (χ0v) is 19.4. The van der Waals surface area contributed by atoms with Gasteiger partial charge in [-0.3, -0.25) is 5.41 Å². The molecule has 8 heteroatoms. The monoisotopic (exact) mass is 459 g/mol. The van der Waals surface area contributed by atoms with Crippen molar-refractivity contribution in [2.45, 2.75) is 18.9 Å². The third-order valence-electron chi connectivity index (χ3n) is 6.63. The number of likely N-dealkylation sites (N-methyl/N-ethyl adjacent to an activating group) is 1. The van der Waals surface area contributed by atoms with Gasteiger partial charge < -0.3 is 19.7 Å². The molecule has 2 aliphatic heterocycles. The summed E-state index contributed by atoms with van der Waals surface area (Å²) in [7, 11) is 2.14. The lowest BCUT2D eigenvalue weighted by Crippen LogP contribution is -2.44. The number of amidine groups is 1. The minimum absolute atomic E-state index is 0.0292. The molecule has 0 aliphatic carbocycles. The lowest BCUT2D eigenvalue weighted by Gasteiger charge is -2.33. The maximum Gasteiger partial charge on any atom is 0.130 e. The average molecular weight is 460 g/mol. The van der Waals surface area contributed by atoms with Gasteiger partial charge in [0, 0.05) is 32.7 Å². The van der Waals surface area contributed by atoms with Gasteiger partial charge in [-0.05, 0) is 61.9 Å². The van der Waals surface area contributed by atoms with E-state index in [0.29, 0.717) is 11.7 Å². The van der Waals surface area contributed by atoms with Crippen LogP contribution < -0.4 is 4.90 Å². The average Bonchev–Trinajstić information content (AvgIpc) is 3.53. The number of pyridine rings is 1. The number of imidazole rings is 1. The van der Waals surface area contributed by atoms with Crippen LogP contribution in [0.3, 0.4) is 0 Å². The normalized spacial score (nSPS) is 19.3. The first-order valence-electron chi connectivity index (χ1n) is 11.8. The minimum Gasteiger partial charge on any atom is -0.354 e. The maximum absolute atomic E-state index is 13.7. The van der Waals surface area contributed by atoms with Crippen molar-refractivity contribution in [3.63, 3.8) is 0 Å². The van der Waals surface area contributed by atoms with Gasteiger partial charge in [0.05, 0.1) is 23.6 Å². The number of anilines is 1. The zero-order valence-electron chi connectivity index (χ0n) is 19.4. The summed E-state index contributed by atoms with van der Waals surface area (Å²) < 4.78 is 13.7. The Balaban J connectivity index is 1.27. The highest BCUT2D eigenvalue weighted by molar-refractivity contribution is 5.94. The largest absolute Gasteiger partial charge is 0.354 e. The molecule has 176 valence electrons. The second-order valence-corrected chi connectivity index (χ2v) is 8.98. The van der Waals surface area contributed by atoms with Crippen molar-refractivity contribution in [3.05, 3.63) is 71.9 Å². The van der Waals surface area contributed by atoms with Crippen molar-refractivity contribution in [2.75, 3.05) is 44.7 Å². The van der Waals surface area contributed by atoms with Gasteiger partial charge in [0.1, 0.15) is 23.3 Å². The van der Waals surface area contributed by atoms with Crippen LogP contribution in [0.2, 0.25) is 0 Å². The van der Waals surface area contributed by atoms with Crippen LogP contribution in [0.15, 0.2) is 54.7 Å². The lowest BCUT2D eigenvalue weighted by molar-refractivity contribution is 0.312. The molecule has 0 amide bonds. The predicted octanol–water partition coefficient (Wildman–Crippen LogP) is 4.19. The number of aromatic nitrogens is 3. The molecule has 3 aromatic rings. The van der Waals surface area contributed by atoms with Gasteiger partial charge in [-0.2, -0.15) is 0 Å². The Morgan fingerprint density at radius 3 is 2.76 bits per heavy atom. The topological polar surface area (TPSA) is 75.1 Å².